The highest BCUT2D eigenvalue weighted by molar-refractivity contribution is 5.95. The van der Waals surface area contributed by atoms with Crippen molar-refractivity contribution in [3.8, 4) is 11.5 Å². The van der Waals surface area contributed by atoms with Gasteiger partial charge in [0.1, 0.15) is 23.1 Å². The summed E-state index contributed by atoms with van der Waals surface area (Å²) in [6.07, 6.45) is 5.50. The third-order valence-electron chi connectivity index (χ3n) is 6.20. The van der Waals surface area contributed by atoms with Crippen LogP contribution in [0.2, 0.25) is 0 Å². The highest BCUT2D eigenvalue weighted by Gasteiger charge is 2.24. The van der Waals surface area contributed by atoms with Crippen LogP contribution >= 0.6 is 0 Å². The van der Waals surface area contributed by atoms with E-state index < -0.39 is 0 Å². The lowest BCUT2D eigenvalue weighted by Crippen LogP contribution is -2.35. The third kappa shape index (κ3) is 4.93. The Morgan fingerprint density at radius 2 is 1.94 bits per heavy atom. The second kappa shape index (κ2) is 9.02. The van der Waals surface area contributed by atoms with Crippen LogP contribution in [0, 0.1) is 5.92 Å². The Bertz CT molecular complexity index is 1090. The van der Waals surface area contributed by atoms with Gasteiger partial charge in [0.05, 0.1) is 6.61 Å². The molecule has 3 aromatic rings. The molecule has 0 saturated heterocycles. The van der Waals surface area contributed by atoms with Crippen molar-refractivity contribution in [2.75, 3.05) is 6.61 Å². The molecular formula is C25H28N4O3. The van der Waals surface area contributed by atoms with Crippen molar-refractivity contribution in [2.45, 2.75) is 51.1 Å². The molecule has 0 spiro atoms. The Balaban J connectivity index is 1.22. The predicted octanol–water partition coefficient (Wildman–Crippen LogP) is 3.50. The minimum Gasteiger partial charge on any atom is -0.508 e. The summed E-state index contributed by atoms with van der Waals surface area (Å²) in [4.78, 5) is 12.9. The summed E-state index contributed by atoms with van der Waals surface area (Å²) in [5.74, 6) is 2.93. The molecule has 0 bridgehead atoms. The molecular weight excluding hydrogens is 404 g/mol. The summed E-state index contributed by atoms with van der Waals surface area (Å²) in [6, 6.07) is 15.1. The first-order valence-corrected chi connectivity index (χ1v) is 11.4. The standard InChI is InChI=1S/C25H28N4O3/c30-21-13-19(14-22(15-21)32-16-18-6-7-18)25(31)26-20-8-9-23-27-28-24(29(23)11-10-20)12-17-4-2-1-3-5-17/h1-5,13-15,18,20,30H,6-12,16H2,(H,26,31). The number of rotatable bonds is 7. The maximum absolute atomic E-state index is 12.9. The number of aryl methyl sites for hydroxylation is 1. The minimum atomic E-state index is -0.190. The highest BCUT2D eigenvalue weighted by atomic mass is 16.5. The van der Waals surface area contributed by atoms with Crippen LogP contribution in [-0.4, -0.2) is 38.4 Å². The van der Waals surface area contributed by atoms with E-state index in [0.717, 1.165) is 43.9 Å². The Labute approximate surface area is 187 Å². The van der Waals surface area contributed by atoms with Crippen LogP contribution < -0.4 is 10.1 Å². The van der Waals surface area contributed by atoms with E-state index in [2.05, 4.69) is 32.2 Å². The van der Waals surface area contributed by atoms with Crippen LogP contribution in [0.3, 0.4) is 0 Å². The Morgan fingerprint density at radius 3 is 2.75 bits per heavy atom. The van der Waals surface area contributed by atoms with E-state index in [1.807, 2.05) is 18.2 Å². The van der Waals surface area contributed by atoms with Gasteiger partial charge in [-0.25, -0.2) is 0 Å². The van der Waals surface area contributed by atoms with Crippen LogP contribution in [-0.2, 0) is 19.4 Å². The molecule has 1 unspecified atom stereocenters. The molecule has 1 fully saturated rings. The van der Waals surface area contributed by atoms with Crippen molar-refractivity contribution in [3.63, 3.8) is 0 Å². The van der Waals surface area contributed by atoms with Crippen LogP contribution in [0.15, 0.2) is 48.5 Å². The molecule has 7 heteroatoms. The average Bonchev–Trinajstić information content (AvgIpc) is 3.58. The zero-order valence-corrected chi connectivity index (χ0v) is 18.0. The number of aromatic nitrogens is 3. The molecule has 5 rings (SSSR count). The van der Waals surface area contributed by atoms with Gasteiger partial charge in [0, 0.05) is 37.1 Å². The number of nitrogens with zero attached hydrogens (tertiary/aromatic N) is 3. The number of aromatic hydroxyl groups is 1. The van der Waals surface area contributed by atoms with Crippen molar-refractivity contribution >= 4 is 5.91 Å². The summed E-state index contributed by atoms with van der Waals surface area (Å²) in [5, 5.41) is 22.0. The lowest BCUT2D eigenvalue weighted by atomic mass is 10.1. The van der Waals surface area contributed by atoms with Gasteiger partial charge in [-0.05, 0) is 49.3 Å². The number of hydrogen-bond acceptors (Lipinski definition) is 5. The molecule has 7 nitrogen and oxygen atoms in total. The van der Waals surface area contributed by atoms with Crippen LogP contribution in [0.25, 0.3) is 0 Å². The highest BCUT2D eigenvalue weighted by Crippen LogP contribution is 2.30. The van der Waals surface area contributed by atoms with Gasteiger partial charge in [0.15, 0.2) is 0 Å². The molecule has 1 aliphatic heterocycles. The number of phenols is 1. The summed E-state index contributed by atoms with van der Waals surface area (Å²) in [6.45, 7) is 1.41. The van der Waals surface area contributed by atoms with Gasteiger partial charge in [-0.3, -0.25) is 4.79 Å². The molecule has 2 aliphatic rings. The second-order valence-electron chi connectivity index (χ2n) is 8.81. The molecule has 166 valence electrons. The first kappa shape index (κ1) is 20.5. The molecule has 2 N–H and O–H groups in total. The zero-order valence-electron chi connectivity index (χ0n) is 18.0. The van der Waals surface area contributed by atoms with Crippen molar-refractivity contribution in [2.24, 2.45) is 5.92 Å². The minimum absolute atomic E-state index is 0.0342. The van der Waals surface area contributed by atoms with Gasteiger partial charge in [0.2, 0.25) is 0 Å². The van der Waals surface area contributed by atoms with Crippen molar-refractivity contribution in [1.82, 2.24) is 20.1 Å². The van der Waals surface area contributed by atoms with Gasteiger partial charge in [0.25, 0.3) is 5.91 Å². The normalized spacial score (nSPS) is 17.9. The maximum atomic E-state index is 12.9. The van der Waals surface area contributed by atoms with Gasteiger partial charge < -0.3 is 19.7 Å². The summed E-state index contributed by atoms with van der Waals surface area (Å²) in [7, 11) is 0. The van der Waals surface area contributed by atoms with E-state index in [-0.39, 0.29) is 17.7 Å². The number of nitrogens with one attached hydrogen (secondary N) is 1. The fraction of sp³-hybridized carbons (Fsp3) is 0.400. The van der Waals surface area contributed by atoms with Crippen molar-refractivity contribution in [1.29, 1.82) is 0 Å². The van der Waals surface area contributed by atoms with Gasteiger partial charge in [-0.15, -0.1) is 10.2 Å². The molecule has 1 atom stereocenters. The smallest absolute Gasteiger partial charge is 0.251 e. The van der Waals surface area contributed by atoms with E-state index in [1.54, 1.807) is 12.1 Å². The maximum Gasteiger partial charge on any atom is 0.251 e. The monoisotopic (exact) mass is 432 g/mol. The predicted molar refractivity (Wildman–Crippen MR) is 120 cm³/mol. The quantitative estimate of drug-likeness (QED) is 0.597. The van der Waals surface area contributed by atoms with E-state index >= 15 is 0 Å². The van der Waals surface area contributed by atoms with E-state index in [9.17, 15) is 9.90 Å². The van der Waals surface area contributed by atoms with Crippen LogP contribution in [0.1, 0.15) is 53.3 Å². The molecule has 1 aromatic heterocycles. The first-order valence-electron chi connectivity index (χ1n) is 11.4. The van der Waals surface area contributed by atoms with Crippen molar-refractivity contribution < 1.29 is 14.6 Å². The van der Waals surface area contributed by atoms with Crippen LogP contribution in [0.5, 0.6) is 11.5 Å². The number of carbonyl (C=O) groups is 1. The molecule has 1 aliphatic carbocycles. The van der Waals surface area contributed by atoms with Gasteiger partial charge in [-0.1, -0.05) is 30.3 Å². The number of benzene rings is 2. The molecule has 2 heterocycles. The Hall–Kier alpha value is -3.35. The number of amides is 1. The molecule has 1 saturated carbocycles. The van der Waals surface area contributed by atoms with E-state index in [1.165, 1.54) is 24.5 Å². The van der Waals surface area contributed by atoms with Gasteiger partial charge in [-0.2, -0.15) is 0 Å². The topological polar surface area (TPSA) is 89.3 Å². The molecule has 32 heavy (non-hydrogen) atoms. The SMILES string of the molecule is O=C(NC1CCc2nnc(Cc3ccccc3)n2CC1)c1cc(O)cc(OCC2CC2)c1. The fourth-order valence-corrected chi connectivity index (χ4v) is 4.17. The fourth-order valence-electron chi connectivity index (χ4n) is 4.17. The third-order valence-corrected chi connectivity index (χ3v) is 6.20. The Morgan fingerprint density at radius 1 is 1.09 bits per heavy atom. The number of hydrogen-bond donors (Lipinski definition) is 2. The number of ether oxygens (including phenoxy) is 1. The van der Waals surface area contributed by atoms with E-state index in [0.29, 0.717) is 23.8 Å². The molecule has 2 aromatic carbocycles. The summed E-state index contributed by atoms with van der Waals surface area (Å²) >= 11 is 0. The summed E-state index contributed by atoms with van der Waals surface area (Å²) < 4.78 is 7.94. The average molecular weight is 433 g/mol. The lowest BCUT2D eigenvalue weighted by Gasteiger charge is -2.17. The number of fused-ring (bicyclic) bond motifs is 1. The number of phenolic OH excluding ortho intramolecular Hbond substituents is 1. The second-order valence-corrected chi connectivity index (χ2v) is 8.81. The molecule has 1 amide bonds. The first-order chi connectivity index (χ1) is 15.6. The number of carbonyl (C=O) groups excluding carboxylic acids is 1. The Kier molecular flexibility index (Phi) is 5.79. The zero-order chi connectivity index (χ0) is 21.9. The lowest BCUT2D eigenvalue weighted by molar-refractivity contribution is 0.0932. The van der Waals surface area contributed by atoms with Crippen LogP contribution in [0.4, 0.5) is 0 Å². The molecule has 0 radical (unpaired) electrons. The van der Waals surface area contributed by atoms with Gasteiger partial charge >= 0.3 is 0 Å². The largest absolute Gasteiger partial charge is 0.508 e. The summed E-state index contributed by atoms with van der Waals surface area (Å²) in [5.41, 5.74) is 1.63. The van der Waals surface area contributed by atoms with Crippen molar-refractivity contribution in [3.05, 3.63) is 71.3 Å². The van der Waals surface area contributed by atoms with E-state index in [4.69, 9.17) is 4.74 Å².